The third kappa shape index (κ3) is 3.69. The second kappa shape index (κ2) is 5.97. The van der Waals surface area contributed by atoms with Crippen molar-refractivity contribution in [1.82, 2.24) is 4.98 Å². The molecule has 0 spiro atoms. The molecule has 0 fully saturated rings. The molecule has 1 heterocycles. The smallest absolute Gasteiger partial charge is 0.311 e. The summed E-state index contributed by atoms with van der Waals surface area (Å²) in [6.07, 6.45) is 1.46. The van der Waals surface area contributed by atoms with E-state index in [9.17, 15) is 14.9 Å². The van der Waals surface area contributed by atoms with Gasteiger partial charge in [-0.25, -0.2) is 4.98 Å². The van der Waals surface area contributed by atoms with E-state index in [1.807, 2.05) is 0 Å². The van der Waals surface area contributed by atoms with Gasteiger partial charge in [-0.2, -0.15) is 0 Å². The maximum Gasteiger partial charge on any atom is 0.311 e. The molecule has 2 rings (SSSR count). The molecule has 0 N–H and O–H groups in total. The van der Waals surface area contributed by atoms with E-state index in [2.05, 4.69) is 4.98 Å². The number of rotatable bonds is 4. The quantitative estimate of drug-likeness (QED) is 0.488. The second-order valence-corrected chi connectivity index (χ2v) is 5.76. The van der Waals surface area contributed by atoms with Crippen molar-refractivity contribution in [3.63, 3.8) is 0 Å². The van der Waals surface area contributed by atoms with Crippen LogP contribution in [-0.4, -0.2) is 15.9 Å². The number of carbonyl (C=O) groups is 1. The standard InChI is InChI=1S/C15H16N2O5/c1-15(2,3)14(18)21-9-12-8-16-13(22-12)10-4-6-11(7-5-10)17(19)20/h4-8H,9H2,1-3H3. The van der Waals surface area contributed by atoms with Crippen molar-refractivity contribution in [3.05, 3.63) is 46.3 Å². The molecule has 2 aromatic rings. The number of esters is 1. The number of non-ortho nitro benzene ring substituents is 1. The predicted molar refractivity (Wildman–Crippen MR) is 77.8 cm³/mol. The minimum atomic E-state index is -0.582. The van der Waals surface area contributed by atoms with Gasteiger partial charge in [-0.05, 0) is 32.9 Å². The SMILES string of the molecule is CC(C)(C)C(=O)OCc1cnc(-c2ccc([N+](=O)[O-])cc2)o1. The van der Waals surface area contributed by atoms with Crippen LogP contribution in [0.2, 0.25) is 0 Å². The van der Waals surface area contributed by atoms with Gasteiger partial charge < -0.3 is 9.15 Å². The Kier molecular flexibility index (Phi) is 4.25. The molecule has 0 aliphatic rings. The van der Waals surface area contributed by atoms with Crippen LogP contribution >= 0.6 is 0 Å². The zero-order chi connectivity index (χ0) is 16.3. The molecule has 0 bridgehead atoms. The van der Waals surface area contributed by atoms with Gasteiger partial charge in [-0.3, -0.25) is 14.9 Å². The highest BCUT2D eigenvalue weighted by atomic mass is 16.6. The Morgan fingerprint density at radius 1 is 1.32 bits per heavy atom. The van der Waals surface area contributed by atoms with Gasteiger partial charge in [0.15, 0.2) is 12.4 Å². The summed E-state index contributed by atoms with van der Waals surface area (Å²) in [4.78, 5) is 25.9. The molecule has 0 radical (unpaired) electrons. The van der Waals surface area contributed by atoms with Gasteiger partial charge in [0.25, 0.3) is 5.69 Å². The summed E-state index contributed by atoms with van der Waals surface area (Å²) in [7, 11) is 0. The second-order valence-electron chi connectivity index (χ2n) is 5.76. The van der Waals surface area contributed by atoms with Crippen LogP contribution in [0.3, 0.4) is 0 Å². The summed E-state index contributed by atoms with van der Waals surface area (Å²) in [6, 6.07) is 5.85. The maximum atomic E-state index is 11.7. The number of carbonyl (C=O) groups excluding carboxylic acids is 1. The molecule has 0 aliphatic carbocycles. The first-order valence-electron chi connectivity index (χ1n) is 6.64. The lowest BCUT2D eigenvalue weighted by molar-refractivity contribution is -0.384. The average Bonchev–Trinajstić information content (AvgIpc) is 2.92. The Bertz CT molecular complexity index is 683. The van der Waals surface area contributed by atoms with Crippen LogP contribution in [0.25, 0.3) is 11.5 Å². The van der Waals surface area contributed by atoms with Gasteiger partial charge in [0.1, 0.15) is 0 Å². The van der Waals surface area contributed by atoms with E-state index in [0.717, 1.165) is 0 Å². The molecule has 22 heavy (non-hydrogen) atoms. The summed E-state index contributed by atoms with van der Waals surface area (Å²) in [5, 5.41) is 10.6. The van der Waals surface area contributed by atoms with E-state index in [0.29, 0.717) is 17.2 Å². The topological polar surface area (TPSA) is 95.5 Å². The van der Waals surface area contributed by atoms with E-state index in [1.54, 1.807) is 32.9 Å². The molecule has 0 atom stereocenters. The third-order valence-corrected chi connectivity index (χ3v) is 2.84. The number of nitro groups is 1. The highest BCUT2D eigenvalue weighted by Crippen LogP contribution is 2.23. The van der Waals surface area contributed by atoms with Crippen molar-refractivity contribution >= 4 is 11.7 Å². The Hall–Kier alpha value is -2.70. The van der Waals surface area contributed by atoms with Crippen molar-refractivity contribution in [3.8, 4) is 11.5 Å². The molecular weight excluding hydrogens is 288 g/mol. The van der Waals surface area contributed by atoms with Gasteiger partial charge in [0.2, 0.25) is 5.89 Å². The molecular formula is C15H16N2O5. The van der Waals surface area contributed by atoms with Crippen LogP contribution in [0, 0.1) is 15.5 Å². The molecule has 1 aromatic carbocycles. The fourth-order valence-electron chi connectivity index (χ4n) is 1.59. The molecule has 0 aliphatic heterocycles. The van der Waals surface area contributed by atoms with Crippen molar-refractivity contribution in [1.29, 1.82) is 0 Å². The maximum absolute atomic E-state index is 11.7. The van der Waals surface area contributed by atoms with Crippen molar-refractivity contribution in [2.24, 2.45) is 5.41 Å². The van der Waals surface area contributed by atoms with Gasteiger partial charge in [-0.1, -0.05) is 0 Å². The number of ether oxygens (including phenoxy) is 1. The first-order valence-corrected chi connectivity index (χ1v) is 6.64. The monoisotopic (exact) mass is 304 g/mol. The van der Waals surface area contributed by atoms with Crippen LogP contribution in [0.1, 0.15) is 26.5 Å². The Labute approximate surface area is 127 Å². The number of oxazole rings is 1. The zero-order valence-corrected chi connectivity index (χ0v) is 12.5. The summed E-state index contributed by atoms with van der Waals surface area (Å²) >= 11 is 0. The third-order valence-electron chi connectivity index (χ3n) is 2.84. The molecule has 0 saturated carbocycles. The molecule has 7 heteroatoms. The van der Waals surface area contributed by atoms with Gasteiger partial charge in [-0.15, -0.1) is 0 Å². The number of nitrogens with zero attached hydrogens (tertiary/aromatic N) is 2. The highest BCUT2D eigenvalue weighted by Gasteiger charge is 2.23. The van der Waals surface area contributed by atoms with Crippen LogP contribution in [0.15, 0.2) is 34.9 Å². The summed E-state index contributed by atoms with van der Waals surface area (Å²) in [5.41, 5.74) is 0.0231. The minimum absolute atomic E-state index is 0.00388. The van der Waals surface area contributed by atoms with E-state index in [-0.39, 0.29) is 18.3 Å². The van der Waals surface area contributed by atoms with E-state index >= 15 is 0 Å². The van der Waals surface area contributed by atoms with Crippen molar-refractivity contribution < 1.29 is 18.9 Å². The fraction of sp³-hybridized carbons (Fsp3) is 0.333. The summed E-state index contributed by atoms with van der Waals surface area (Å²) in [5.74, 6) is 0.392. The van der Waals surface area contributed by atoms with Crippen LogP contribution in [-0.2, 0) is 16.1 Å². The highest BCUT2D eigenvalue weighted by molar-refractivity contribution is 5.75. The molecule has 0 saturated heterocycles. The number of benzene rings is 1. The van der Waals surface area contributed by atoms with Crippen molar-refractivity contribution in [2.75, 3.05) is 0 Å². The van der Waals surface area contributed by atoms with E-state index in [4.69, 9.17) is 9.15 Å². The molecule has 116 valence electrons. The van der Waals surface area contributed by atoms with Crippen LogP contribution < -0.4 is 0 Å². The molecule has 1 aromatic heterocycles. The zero-order valence-electron chi connectivity index (χ0n) is 12.5. The minimum Gasteiger partial charge on any atom is -0.457 e. The lowest BCUT2D eigenvalue weighted by Gasteiger charge is -2.15. The first kappa shape index (κ1) is 15.7. The lowest BCUT2D eigenvalue weighted by atomic mass is 9.97. The summed E-state index contributed by atoms with van der Waals surface area (Å²) < 4.78 is 10.6. The molecule has 7 nitrogen and oxygen atoms in total. The van der Waals surface area contributed by atoms with Gasteiger partial charge in [0, 0.05) is 17.7 Å². The fourth-order valence-corrected chi connectivity index (χ4v) is 1.59. The van der Waals surface area contributed by atoms with E-state index in [1.165, 1.54) is 18.3 Å². The Morgan fingerprint density at radius 3 is 2.50 bits per heavy atom. The van der Waals surface area contributed by atoms with E-state index < -0.39 is 10.3 Å². The normalized spacial score (nSPS) is 11.2. The van der Waals surface area contributed by atoms with Gasteiger partial charge >= 0.3 is 5.97 Å². The number of hydrogen-bond acceptors (Lipinski definition) is 6. The van der Waals surface area contributed by atoms with Crippen molar-refractivity contribution in [2.45, 2.75) is 27.4 Å². The molecule has 0 unspecified atom stereocenters. The lowest BCUT2D eigenvalue weighted by Crippen LogP contribution is -2.22. The average molecular weight is 304 g/mol. The summed E-state index contributed by atoms with van der Waals surface area (Å²) in [6.45, 7) is 5.28. The van der Waals surface area contributed by atoms with Gasteiger partial charge in [0.05, 0.1) is 16.5 Å². The number of hydrogen-bond donors (Lipinski definition) is 0. The number of nitro benzene ring substituents is 1. The Balaban J connectivity index is 2.05. The Morgan fingerprint density at radius 2 is 1.95 bits per heavy atom. The predicted octanol–water partition coefficient (Wildman–Crippen LogP) is 3.34. The van der Waals surface area contributed by atoms with Crippen LogP contribution in [0.4, 0.5) is 5.69 Å². The largest absolute Gasteiger partial charge is 0.457 e. The first-order chi connectivity index (χ1) is 10.3. The molecule has 0 amide bonds. The number of aromatic nitrogens is 1. The van der Waals surface area contributed by atoms with Crippen LogP contribution in [0.5, 0.6) is 0 Å².